The molecule has 2 aromatic rings. The van der Waals surface area contributed by atoms with Crippen molar-refractivity contribution in [2.75, 3.05) is 26.6 Å². The van der Waals surface area contributed by atoms with Crippen LogP contribution in [0.3, 0.4) is 0 Å². The van der Waals surface area contributed by atoms with Crippen LogP contribution in [0.5, 0.6) is 5.88 Å². The van der Waals surface area contributed by atoms with Gasteiger partial charge in [-0.25, -0.2) is 15.0 Å². The zero-order valence-electron chi connectivity index (χ0n) is 11.2. The number of nitrogens with one attached hydrogen (secondary N) is 1. The Labute approximate surface area is 111 Å². The monoisotopic (exact) mass is 260 g/mol. The second-order valence-electron chi connectivity index (χ2n) is 3.82. The van der Waals surface area contributed by atoms with Crippen molar-refractivity contribution in [1.82, 2.24) is 15.0 Å². The van der Waals surface area contributed by atoms with Crippen LogP contribution in [0.2, 0.25) is 0 Å². The molecule has 0 unspecified atom stereocenters. The summed E-state index contributed by atoms with van der Waals surface area (Å²) in [4.78, 5) is 12.9. The highest BCUT2D eigenvalue weighted by molar-refractivity contribution is 5.63. The average molecular weight is 260 g/mol. The van der Waals surface area contributed by atoms with Gasteiger partial charge in [0, 0.05) is 38.1 Å². The summed E-state index contributed by atoms with van der Waals surface area (Å²) in [5.74, 6) is 1.92. The summed E-state index contributed by atoms with van der Waals surface area (Å²) in [5, 5.41) is 3.01. The van der Waals surface area contributed by atoms with Gasteiger partial charge in [-0.2, -0.15) is 0 Å². The highest BCUT2D eigenvalue weighted by Crippen LogP contribution is 2.22. The smallest absolute Gasteiger partial charge is 0.213 e. The predicted molar refractivity (Wildman–Crippen MR) is 72.1 cm³/mol. The fraction of sp³-hybridized carbons (Fsp3) is 0.308. The van der Waals surface area contributed by atoms with Gasteiger partial charge in [0.05, 0.1) is 12.8 Å². The van der Waals surface area contributed by atoms with Gasteiger partial charge in [-0.1, -0.05) is 0 Å². The molecule has 6 heteroatoms. The average Bonchev–Trinajstić information content (AvgIpc) is 2.47. The van der Waals surface area contributed by atoms with E-state index < -0.39 is 0 Å². The number of methoxy groups -OCH3 is 2. The first-order chi connectivity index (χ1) is 9.26. The molecule has 100 valence electrons. The van der Waals surface area contributed by atoms with E-state index in [-0.39, 0.29) is 0 Å². The molecule has 0 aromatic carbocycles. The van der Waals surface area contributed by atoms with Gasteiger partial charge in [0.15, 0.2) is 5.82 Å². The summed E-state index contributed by atoms with van der Waals surface area (Å²) in [6.07, 6.45) is 1.69. The minimum absolute atomic E-state index is 0.366. The van der Waals surface area contributed by atoms with Crippen molar-refractivity contribution >= 4 is 5.82 Å². The van der Waals surface area contributed by atoms with Crippen LogP contribution in [0, 0.1) is 0 Å². The first kappa shape index (κ1) is 13.2. The summed E-state index contributed by atoms with van der Waals surface area (Å²) in [5.41, 5.74) is 1.72. The van der Waals surface area contributed by atoms with Crippen molar-refractivity contribution < 1.29 is 9.47 Å². The van der Waals surface area contributed by atoms with Crippen LogP contribution in [-0.4, -0.2) is 36.2 Å². The quantitative estimate of drug-likeness (QED) is 0.883. The molecule has 2 heterocycles. The van der Waals surface area contributed by atoms with E-state index in [1.165, 1.54) is 0 Å². The molecule has 19 heavy (non-hydrogen) atoms. The van der Waals surface area contributed by atoms with Crippen LogP contribution in [0.4, 0.5) is 5.82 Å². The van der Waals surface area contributed by atoms with Gasteiger partial charge in [-0.15, -0.1) is 0 Å². The van der Waals surface area contributed by atoms with Crippen molar-refractivity contribution in [1.29, 1.82) is 0 Å². The standard InChI is InChI=1S/C13H16N4O2/c1-14-11-7-10(16-12(17-11)8-18-2)9-4-5-15-13(6-9)19-3/h4-7H,8H2,1-3H3,(H,14,16,17). The van der Waals surface area contributed by atoms with Crippen LogP contribution >= 0.6 is 0 Å². The van der Waals surface area contributed by atoms with Crippen LogP contribution in [0.1, 0.15) is 5.82 Å². The second kappa shape index (κ2) is 6.10. The number of hydrogen-bond donors (Lipinski definition) is 1. The Bertz CT molecular complexity index is 560. The number of hydrogen-bond acceptors (Lipinski definition) is 6. The molecule has 2 rings (SSSR count). The minimum Gasteiger partial charge on any atom is -0.481 e. The van der Waals surface area contributed by atoms with Crippen molar-refractivity contribution in [2.45, 2.75) is 6.61 Å². The lowest BCUT2D eigenvalue weighted by Gasteiger charge is -2.08. The summed E-state index contributed by atoms with van der Waals surface area (Å²) >= 11 is 0. The number of nitrogens with zero attached hydrogens (tertiary/aromatic N) is 3. The van der Waals surface area contributed by atoms with Crippen LogP contribution in [-0.2, 0) is 11.3 Å². The SMILES string of the molecule is CNc1cc(-c2ccnc(OC)c2)nc(COC)n1. The molecule has 0 aliphatic heterocycles. The molecule has 0 aliphatic carbocycles. The Hall–Kier alpha value is -2.21. The molecule has 0 saturated heterocycles. The molecule has 0 amide bonds. The van der Waals surface area contributed by atoms with Gasteiger partial charge in [0.25, 0.3) is 0 Å². The lowest BCUT2D eigenvalue weighted by molar-refractivity contribution is 0.178. The Balaban J connectivity index is 2.44. The Kier molecular flexibility index (Phi) is 4.25. The predicted octanol–water partition coefficient (Wildman–Crippen LogP) is 1.74. The summed E-state index contributed by atoms with van der Waals surface area (Å²) in [7, 11) is 5.02. The third-order valence-electron chi connectivity index (χ3n) is 2.54. The fourth-order valence-corrected chi connectivity index (χ4v) is 1.65. The van der Waals surface area contributed by atoms with Gasteiger partial charge >= 0.3 is 0 Å². The number of pyridine rings is 1. The van der Waals surface area contributed by atoms with Crippen LogP contribution in [0.25, 0.3) is 11.3 Å². The Morgan fingerprint density at radius 3 is 2.74 bits per heavy atom. The summed E-state index contributed by atoms with van der Waals surface area (Å²) < 4.78 is 10.2. The fourth-order valence-electron chi connectivity index (χ4n) is 1.65. The van der Waals surface area contributed by atoms with Crippen molar-refractivity contribution in [3.05, 3.63) is 30.2 Å². The lowest BCUT2D eigenvalue weighted by atomic mass is 10.2. The summed E-state index contributed by atoms with van der Waals surface area (Å²) in [6, 6.07) is 5.58. The molecule has 0 fully saturated rings. The topological polar surface area (TPSA) is 69.2 Å². The molecule has 1 N–H and O–H groups in total. The van der Waals surface area contributed by atoms with E-state index in [4.69, 9.17) is 9.47 Å². The van der Waals surface area contributed by atoms with E-state index in [9.17, 15) is 0 Å². The number of ether oxygens (including phenoxy) is 2. The normalized spacial score (nSPS) is 10.3. The molecular weight excluding hydrogens is 244 g/mol. The number of anilines is 1. The van der Waals surface area contributed by atoms with Crippen LogP contribution < -0.4 is 10.1 Å². The number of aromatic nitrogens is 3. The van der Waals surface area contributed by atoms with E-state index in [2.05, 4.69) is 20.3 Å². The molecular formula is C13H16N4O2. The molecule has 2 aromatic heterocycles. The van der Waals surface area contributed by atoms with E-state index in [0.717, 1.165) is 17.1 Å². The Morgan fingerprint density at radius 1 is 1.21 bits per heavy atom. The zero-order chi connectivity index (χ0) is 13.7. The highest BCUT2D eigenvalue weighted by atomic mass is 16.5. The molecule has 0 radical (unpaired) electrons. The largest absolute Gasteiger partial charge is 0.481 e. The van der Waals surface area contributed by atoms with E-state index in [1.54, 1.807) is 20.4 Å². The van der Waals surface area contributed by atoms with Crippen molar-refractivity contribution in [3.63, 3.8) is 0 Å². The first-order valence-electron chi connectivity index (χ1n) is 5.82. The molecule has 0 aliphatic rings. The zero-order valence-corrected chi connectivity index (χ0v) is 11.2. The van der Waals surface area contributed by atoms with Crippen molar-refractivity contribution in [2.24, 2.45) is 0 Å². The maximum Gasteiger partial charge on any atom is 0.213 e. The number of rotatable bonds is 5. The summed E-state index contributed by atoms with van der Waals surface area (Å²) in [6.45, 7) is 0.366. The van der Waals surface area contributed by atoms with Crippen molar-refractivity contribution in [3.8, 4) is 17.1 Å². The van der Waals surface area contributed by atoms with Crippen LogP contribution in [0.15, 0.2) is 24.4 Å². The third-order valence-corrected chi connectivity index (χ3v) is 2.54. The van der Waals surface area contributed by atoms with E-state index in [1.807, 2.05) is 25.2 Å². The maximum absolute atomic E-state index is 5.12. The minimum atomic E-state index is 0.366. The Morgan fingerprint density at radius 2 is 2.05 bits per heavy atom. The van der Waals surface area contributed by atoms with Gasteiger partial charge in [0.2, 0.25) is 5.88 Å². The molecule has 0 atom stereocenters. The third kappa shape index (κ3) is 3.17. The molecule has 0 spiro atoms. The van der Waals surface area contributed by atoms with E-state index >= 15 is 0 Å². The molecule has 0 bridgehead atoms. The first-order valence-corrected chi connectivity index (χ1v) is 5.82. The van der Waals surface area contributed by atoms with Gasteiger partial charge in [-0.3, -0.25) is 0 Å². The van der Waals surface area contributed by atoms with Gasteiger partial charge in [0.1, 0.15) is 12.4 Å². The highest BCUT2D eigenvalue weighted by Gasteiger charge is 2.07. The van der Waals surface area contributed by atoms with Gasteiger partial charge < -0.3 is 14.8 Å². The lowest BCUT2D eigenvalue weighted by Crippen LogP contribution is -2.03. The second-order valence-corrected chi connectivity index (χ2v) is 3.82. The molecule has 6 nitrogen and oxygen atoms in total. The van der Waals surface area contributed by atoms with E-state index in [0.29, 0.717) is 18.3 Å². The molecule has 0 saturated carbocycles. The maximum atomic E-state index is 5.12. The van der Waals surface area contributed by atoms with Gasteiger partial charge in [-0.05, 0) is 6.07 Å².